The van der Waals surface area contributed by atoms with Crippen LogP contribution in [0.2, 0.25) is 0 Å². The fourth-order valence-corrected chi connectivity index (χ4v) is 5.94. The molecule has 1 N–H and O–H groups in total. The summed E-state index contributed by atoms with van der Waals surface area (Å²) in [6, 6.07) is 21.5. The van der Waals surface area contributed by atoms with E-state index in [-0.39, 0.29) is 21.3 Å². The minimum atomic E-state index is -0.958. The van der Waals surface area contributed by atoms with E-state index < -0.39 is 23.7 Å². The number of ether oxygens (including phenoxy) is 2. The maximum atomic E-state index is 13.6. The second kappa shape index (κ2) is 12.0. The zero-order valence-corrected chi connectivity index (χ0v) is 24.5. The predicted octanol–water partition coefficient (Wildman–Crippen LogP) is 6.31. The molecule has 2 heterocycles. The number of esters is 1. The molecule has 3 aromatic carbocycles. The topological polar surface area (TPSA) is 106 Å². The average Bonchev–Trinajstić information content (AvgIpc) is 3.52. The molecule has 1 aliphatic heterocycles. The Bertz CT molecular complexity index is 1690. The smallest absolute Gasteiger partial charge is 0.350 e. The van der Waals surface area contributed by atoms with Gasteiger partial charge in [0.1, 0.15) is 23.0 Å². The quantitative estimate of drug-likeness (QED) is 0.112. The number of aryl methyl sites for hydroxylation is 3. The molecule has 1 saturated heterocycles. The molecular formula is C33H30N2O6S. The van der Waals surface area contributed by atoms with Crippen LogP contribution in [0.1, 0.15) is 56.1 Å². The average molecular weight is 583 g/mol. The van der Waals surface area contributed by atoms with Gasteiger partial charge in [-0.1, -0.05) is 72.9 Å². The molecule has 42 heavy (non-hydrogen) atoms. The Morgan fingerprint density at radius 3 is 2.36 bits per heavy atom. The molecule has 1 fully saturated rings. The monoisotopic (exact) mass is 582 g/mol. The summed E-state index contributed by atoms with van der Waals surface area (Å²) in [6.07, 6.45) is 0.812. The number of ketones is 1. The molecule has 5 rings (SSSR count). The van der Waals surface area contributed by atoms with Gasteiger partial charge in [0.05, 0.1) is 24.4 Å². The highest BCUT2D eigenvalue weighted by Gasteiger charge is 2.48. The van der Waals surface area contributed by atoms with Gasteiger partial charge in [0, 0.05) is 5.56 Å². The standard InChI is InChI=1S/C33H30N2O6S/c1-5-21-11-13-23(14-12-21)27-26(29(37)31(38)35(27)33-34-20(3)30(42-33)32(39)40-4)28(36)25-16-15-24(17-19(25)2)41-18-22-9-7-6-8-10-22/h6-17,27,36H,5,18H2,1-4H3/t27-/m0/s1. The van der Waals surface area contributed by atoms with Crippen molar-refractivity contribution in [3.8, 4) is 5.75 Å². The third-order valence-corrected chi connectivity index (χ3v) is 8.35. The van der Waals surface area contributed by atoms with Gasteiger partial charge in [-0.05, 0) is 60.7 Å². The lowest BCUT2D eigenvalue weighted by molar-refractivity contribution is -0.132. The highest BCUT2D eigenvalue weighted by Crippen LogP contribution is 2.44. The summed E-state index contributed by atoms with van der Waals surface area (Å²) >= 11 is 0.966. The third-order valence-electron chi connectivity index (χ3n) is 7.21. The van der Waals surface area contributed by atoms with E-state index in [9.17, 15) is 19.5 Å². The molecule has 0 unspecified atom stereocenters. The highest BCUT2D eigenvalue weighted by atomic mass is 32.1. The molecule has 4 aromatic rings. The van der Waals surface area contributed by atoms with Crippen LogP contribution in [0.4, 0.5) is 5.13 Å². The number of anilines is 1. The summed E-state index contributed by atoms with van der Waals surface area (Å²) < 4.78 is 10.8. The van der Waals surface area contributed by atoms with Crippen molar-refractivity contribution in [2.24, 2.45) is 0 Å². The van der Waals surface area contributed by atoms with Crippen molar-refractivity contribution in [1.29, 1.82) is 0 Å². The first-order valence-corrected chi connectivity index (χ1v) is 14.3. The molecule has 0 radical (unpaired) electrons. The van der Waals surface area contributed by atoms with Gasteiger partial charge in [0.2, 0.25) is 0 Å². The number of thiazole rings is 1. The normalized spacial score (nSPS) is 16.1. The van der Waals surface area contributed by atoms with Gasteiger partial charge in [0.25, 0.3) is 5.78 Å². The molecule has 1 amide bonds. The zero-order chi connectivity index (χ0) is 30.0. The van der Waals surface area contributed by atoms with E-state index in [0.717, 1.165) is 28.9 Å². The number of aliphatic hydroxyl groups is 1. The van der Waals surface area contributed by atoms with Crippen molar-refractivity contribution in [3.63, 3.8) is 0 Å². The first-order valence-electron chi connectivity index (χ1n) is 13.5. The second-order valence-corrected chi connectivity index (χ2v) is 10.9. The Hall–Kier alpha value is -4.76. The number of nitrogens with zero attached hydrogens (tertiary/aromatic N) is 2. The van der Waals surface area contributed by atoms with Crippen molar-refractivity contribution in [2.75, 3.05) is 12.0 Å². The minimum absolute atomic E-state index is 0.0576. The molecule has 1 aliphatic rings. The lowest BCUT2D eigenvalue weighted by atomic mass is 9.93. The van der Waals surface area contributed by atoms with Crippen LogP contribution >= 0.6 is 11.3 Å². The number of aliphatic hydroxyl groups excluding tert-OH is 1. The number of Topliss-reactive ketones (excluding diaryl/α,β-unsaturated/α-hetero) is 1. The maximum absolute atomic E-state index is 13.6. The largest absolute Gasteiger partial charge is 0.507 e. The molecular weight excluding hydrogens is 552 g/mol. The zero-order valence-electron chi connectivity index (χ0n) is 23.7. The Balaban J connectivity index is 1.58. The summed E-state index contributed by atoms with van der Waals surface area (Å²) in [5.41, 5.74) is 4.12. The Morgan fingerprint density at radius 2 is 1.71 bits per heavy atom. The van der Waals surface area contributed by atoms with Crippen LogP contribution in [0.5, 0.6) is 5.75 Å². The van der Waals surface area contributed by atoms with E-state index in [2.05, 4.69) is 4.98 Å². The summed E-state index contributed by atoms with van der Waals surface area (Å²) in [4.78, 5) is 45.4. The molecule has 214 valence electrons. The number of carbonyl (C=O) groups is 3. The first-order chi connectivity index (χ1) is 20.2. The second-order valence-electron chi connectivity index (χ2n) is 9.92. The fourth-order valence-electron chi connectivity index (χ4n) is 4.93. The molecule has 1 atom stereocenters. The summed E-state index contributed by atoms with van der Waals surface area (Å²) in [6.45, 7) is 5.85. The number of benzene rings is 3. The van der Waals surface area contributed by atoms with Crippen LogP contribution in [-0.4, -0.2) is 34.9 Å². The number of hydrogen-bond donors (Lipinski definition) is 1. The van der Waals surface area contributed by atoms with Gasteiger partial charge in [-0.25, -0.2) is 9.78 Å². The van der Waals surface area contributed by atoms with E-state index in [4.69, 9.17) is 9.47 Å². The summed E-state index contributed by atoms with van der Waals surface area (Å²) in [7, 11) is 1.27. The lowest BCUT2D eigenvalue weighted by Gasteiger charge is -2.23. The number of methoxy groups -OCH3 is 1. The third kappa shape index (κ3) is 5.43. The van der Waals surface area contributed by atoms with E-state index >= 15 is 0 Å². The predicted molar refractivity (Wildman–Crippen MR) is 161 cm³/mol. The highest BCUT2D eigenvalue weighted by molar-refractivity contribution is 7.17. The van der Waals surface area contributed by atoms with Gasteiger partial charge in [-0.3, -0.25) is 14.5 Å². The van der Waals surface area contributed by atoms with Gasteiger partial charge in [-0.15, -0.1) is 0 Å². The van der Waals surface area contributed by atoms with Crippen LogP contribution in [0.15, 0.2) is 78.4 Å². The van der Waals surface area contributed by atoms with Crippen LogP contribution in [0, 0.1) is 13.8 Å². The molecule has 0 bridgehead atoms. The molecule has 1 aromatic heterocycles. The number of aromatic nitrogens is 1. The van der Waals surface area contributed by atoms with E-state index in [1.807, 2.05) is 61.5 Å². The van der Waals surface area contributed by atoms with Crippen LogP contribution in [0.3, 0.4) is 0 Å². The molecule has 8 nitrogen and oxygen atoms in total. The maximum Gasteiger partial charge on any atom is 0.350 e. The number of hydrogen-bond acceptors (Lipinski definition) is 8. The number of carbonyl (C=O) groups excluding carboxylic acids is 3. The van der Waals surface area contributed by atoms with Crippen molar-refractivity contribution in [3.05, 3.63) is 117 Å². The number of amides is 1. The van der Waals surface area contributed by atoms with Crippen LogP contribution in [0.25, 0.3) is 5.76 Å². The van der Waals surface area contributed by atoms with Gasteiger partial charge >= 0.3 is 11.9 Å². The molecule has 9 heteroatoms. The lowest BCUT2D eigenvalue weighted by Crippen LogP contribution is -2.29. The van der Waals surface area contributed by atoms with Gasteiger partial charge in [0.15, 0.2) is 5.13 Å². The summed E-state index contributed by atoms with van der Waals surface area (Å²) in [5, 5.41) is 11.8. The van der Waals surface area contributed by atoms with Gasteiger partial charge in [-0.2, -0.15) is 0 Å². The SMILES string of the molecule is CCc1ccc([C@H]2C(=C(O)c3ccc(OCc4ccccc4)cc3C)C(=O)C(=O)N2c2nc(C)c(C(=O)OC)s2)cc1. The van der Waals surface area contributed by atoms with Crippen molar-refractivity contribution in [2.45, 2.75) is 39.8 Å². The summed E-state index contributed by atoms with van der Waals surface area (Å²) in [5.74, 6) is -1.95. The Morgan fingerprint density at radius 1 is 1.00 bits per heavy atom. The van der Waals surface area contributed by atoms with Crippen molar-refractivity contribution >= 4 is 39.9 Å². The Labute approximate surface area is 247 Å². The van der Waals surface area contributed by atoms with Gasteiger partial charge < -0.3 is 14.6 Å². The first kappa shape index (κ1) is 28.8. The van der Waals surface area contributed by atoms with Crippen LogP contribution in [-0.2, 0) is 27.4 Å². The van der Waals surface area contributed by atoms with E-state index in [0.29, 0.717) is 34.7 Å². The van der Waals surface area contributed by atoms with Crippen molar-refractivity contribution in [1.82, 2.24) is 4.98 Å². The molecule has 0 aliphatic carbocycles. The van der Waals surface area contributed by atoms with E-state index in [1.165, 1.54) is 12.0 Å². The van der Waals surface area contributed by atoms with E-state index in [1.54, 1.807) is 32.0 Å². The number of rotatable bonds is 8. The Kier molecular flexibility index (Phi) is 8.22. The molecule has 0 spiro atoms. The minimum Gasteiger partial charge on any atom is -0.507 e. The fraction of sp³-hybridized carbons (Fsp3) is 0.212. The molecule has 0 saturated carbocycles. The van der Waals surface area contributed by atoms with Crippen LogP contribution < -0.4 is 9.64 Å². The van der Waals surface area contributed by atoms with Crippen molar-refractivity contribution < 1.29 is 29.0 Å².